The number of hydrogen-bond acceptors (Lipinski definition) is 6. The van der Waals surface area contributed by atoms with Crippen LogP contribution in [0.5, 0.6) is 0 Å². The molecule has 0 atom stereocenters. The van der Waals surface area contributed by atoms with Crippen LogP contribution >= 0.6 is 34.7 Å². The zero-order chi connectivity index (χ0) is 25.5. The minimum Gasteiger partial charge on any atom is -0.465 e. The van der Waals surface area contributed by atoms with Gasteiger partial charge in [-0.3, -0.25) is 0 Å². The standard InChI is InChI=1S/C24H19ClF2N4O2S2/c1-4-34-22-29-10-11-7-14(25)18(19(27)20(11)30-22)12-5-6-15(26)21-17(12)13(9-28)16(35-21)8-24(2,3)31-23(32)33/h5-7,10,31H,4,8H2,1-3H3,(H,32,33). The third-order valence-electron chi connectivity index (χ3n) is 5.31. The lowest BCUT2D eigenvalue weighted by molar-refractivity contribution is 0.182. The van der Waals surface area contributed by atoms with Gasteiger partial charge in [-0.2, -0.15) is 5.26 Å². The third-order valence-corrected chi connectivity index (χ3v) is 7.55. The normalized spacial score (nSPS) is 11.7. The van der Waals surface area contributed by atoms with Gasteiger partial charge in [-0.05, 0) is 37.3 Å². The maximum absolute atomic E-state index is 15.9. The van der Waals surface area contributed by atoms with Crippen LogP contribution in [0, 0.1) is 23.0 Å². The van der Waals surface area contributed by atoms with Crippen LogP contribution in [0.15, 0.2) is 29.6 Å². The molecule has 0 unspecified atom stereocenters. The predicted octanol–water partition coefficient (Wildman–Crippen LogP) is 7.02. The number of thioether (sulfide) groups is 1. The summed E-state index contributed by atoms with van der Waals surface area (Å²) in [5.74, 6) is -0.547. The molecule has 35 heavy (non-hydrogen) atoms. The van der Waals surface area contributed by atoms with Crippen molar-refractivity contribution >= 4 is 61.8 Å². The van der Waals surface area contributed by atoms with E-state index in [1.54, 1.807) is 19.9 Å². The number of benzene rings is 2. The minimum atomic E-state index is -1.21. The number of amides is 1. The van der Waals surface area contributed by atoms with Gasteiger partial charge in [-0.15, -0.1) is 11.3 Å². The summed E-state index contributed by atoms with van der Waals surface area (Å²) in [4.78, 5) is 20.2. The number of nitriles is 1. The Morgan fingerprint density at radius 3 is 2.77 bits per heavy atom. The molecule has 2 aromatic heterocycles. The molecular weight excluding hydrogens is 514 g/mol. The molecule has 180 valence electrons. The highest BCUT2D eigenvalue weighted by Gasteiger charge is 2.28. The van der Waals surface area contributed by atoms with Gasteiger partial charge in [0.05, 0.1) is 15.3 Å². The molecule has 0 saturated carbocycles. The highest BCUT2D eigenvalue weighted by molar-refractivity contribution is 7.99. The topological polar surface area (TPSA) is 98.9 Å². The summed E-state index contributed by atoms with van der Waals surface area (Å²) in [6, 6.07) is 6.26. The van der Waals surface area contributed by atoms with Gasteiger partial charge in [-0.1, -0.05) is 36.4 Å². The molecule has 2 aromatic carbocycles. The van der Waals surface area contributed by atoms with E-state index in [9.17, 15) is 14.4 Å². The van der Waals surface area contributed by atoms with E-state index in [1.165, 1.54) is 30.1 Å². The van der Waals surface area contributed by atoms with Crippen LogP contribution in [0.25, 0.3) is 32.1 Å². The molecule has 0 radical (unpaired) electrons. The first kappa shape index (κ1) is 25.1. The van der Waals surface area contributed by atoms with Crippen molar-refractivity contribution in [2.24, 2.45) is 0 Å². The lowest BCUT2D eigenvalue weighted by Gasteiger charge is -2.23. The second-order valence-electron chi connectivity index (χ2n) is 8.37. The number of aromatic nitrogens is 2. The van der Waals surface area contributed by atoms with Gasteiger partial charge >= 0.3 is 6.09 Å². The quantitative estimate of drug-likeness (QED) is 0.204. The number of hydrogen-bond donors (Lipinski definition) is 2. The number of rotatable bonds is 6. The maximum atomic E-state index is 15.9. The number of nitrogens with one attached hydrogen (secondary N) is 1. The second-order valence-corrected chi connectivity index (χ2v) is 11.1. The number of fused-ring (bicyclic) bond motifs is 2. The van der Waals surface area contributed by atoms with Crippen molar-refractivity contribution < 1.29 is 18.7 Å². The Morgan fingerprint density at radius 2 is 2.11 bits per heavy atom. The highest BCUT2D eigenvalue weighted by atomic mass is 35.5. The molecule has 2 heterocycles. The van der Waals surface area contributed by atoms with Crippen molar-refractivity contribution in [1.82, 2.24) is 15.3 Å². The van der Waals surface area contributed by atoms with E-state index in [-0.39, 0.29) is 43.7 Å². The fraction of sp³-hybridized carbons (Fsp3) is 0.250. The molecule has 0 spiro atoms. The molecule has 6 nitrogen and oxygen atoms in total. The van der Waals surface area contributed by atoms with Gasteiger partial charge in [0.15, 0.2) is 11.0 Å². The van der Waals surface area contributed by atoms with E-state index >= 15 is 4.39 Å². The van der Waals surface area contributed by atoms with Crippen LogP contribution in [0.4, 0.5) is 13.6 Å². The van der Waals surface area contributed by atoms with Crippen LogP contribution in [0.2, 0.25) is 5.02 Å². The summed E-state index contributed by atoms with van der Waals surface area (Å²) < 4.78 is 30.9. The lowest BCUT2D eigenvalue weighted by Crippen LogP contribution is -2.44. The molecule has 4 aromatic rings. The molecule has 0 aliphatic carbocycles. The Hall–Kier alpha value is -3.00. The van der Waals surface area contributed by atoms with Crippen molar-refractivity contribution in [3.05, 3.63) is 51.5 Å². The number of carbonyl (C=O) groups is 1. The average Bonchev–Trinajstić information content (AvgIpc) is 3.13. The van der Waals surface area contributed by atoms with E-state index in [0.29, 0.717) is 21.2 Å². The Bertz CT molecular complexity index is 1530. The predicted molar refractivity (Wildman–Crippen MR) is 135 cm³/mol. The average molecular weight is 533 g/mol. The van der Waals surface area contributed by atoms with Gasteiger partial charge in [0.25, 0.3) is 0 Å². The number of carboxylic acid groups (broad SMARTS) is 1. The fourth-order valence-electron chi connectivity index (χ4n) is 3.94. The SMILES string of the molecule is CCSc1ncc2cc(Cl)c(-c3ccc(F)c4sc(CC(C)(C)NC(=O)O)c(C#N)c34)c(F)c2n1. The van der Waals surface area contributed by atoms with E-state index in [1.807, 2.05) is 6.92 Å². The largest absolute Gasteiger partial charge is 0.465 e. The van der Waals surface area contributed by atoms with Crippen LogP contribution in [-0.2, 0) is 6.42 Å². The molecule has 1 amide bonds. The summed E-state index contributed by atoms with van der Waals surface area (Å²) in [7, 11) is 0. The van der Waals surface area contributed by atoms with E-state index in [2.05, 4.69) is 21.4 Å². The molecule has 0 aliphatic heterocycles. The second kappa shape index (κ2) is 9.57. The van der Waals surface area contributed by atoms with Crippen LogP contribution in [0.1, 0.15) is 31.2 Å². The van der Waals surface area contributed by atoms with E-state index < -0.39 is 23.3 Å². The van der Waals surface area contributed by atoms with Crippen molar-refractivity contribution in [3.63, 3.8) is 0 Å². The van der Waals surface area contributed by atoms with Gasteiger partial charge in [-0.25, -0.2) is 23.5 Å². The Labute approximate surface area is 213 Å². The van der Waals surface area contributed by atoms with Crippen LogP contribution in [0.3, 0.4) is 0 Å². The van der Waals surface area contributed by atoms with Gasteiger partial charge in [0, 0.05) is 39.4 Å². The molecule has 0 saturated heterocycles. The van der Waals surface area contributed by atoms with Gasteiger partial charge < -0.3 is 10.4 Å². The Kier molecular flexibility index (Phi) is 6.86. The minimum absolute atomic E-state index is 0.0130. The first-order valence-corrected chi connectivity index (χ1v) is 12.7. The van der Waals surface area contributed by atoms with Crippen LogP contribution in [-0.4, -0.2) is 32.5 Å². The lowest BCUT2D eigenvalue weighted by atomic mass is 9.94. The molecule has 4 rings (SSSR count). The Morgan fingerprint density at radius 1 is 1.37 bits per heavy atom. The van der Waals surface area contributed by atoms with Crippen molar-refractivity contribution in [2.75, 3.05) is 5.75 Å². The maximum Gasteiger partial charge on any atom is 0.405 e. The summed E-state index contributed by atoms with van der Waals surface area (Å²) in [6.45, 7) is 5.26. The van der Waals surface area contributed by atoms with Crippen LogP contribution < -0.4 is 5.32 Å². The van der Waals surface area contributed by atoms with E-state index in [4.69, 9.17) is 16.7 Å². The van der Waals surface area contributed by atoms with Crippen molar-refractivity contribution in [2.45, 2.75) is 37.9 Å². The summed E-state index contributed by atoms with van der Waals surface area (Å²) in [6.07, 6.45) is 0.425. The summed E-state index contributed by atoms with van der Waals surface area (Å²) >= 11 is 8.91. The number of nitrogens with zero attached hydrogens (tertiary/aromatic N) is 3. The zero-order valence-corrected chi connectivity index (χ0v) is 21.3. The zero-order valence-electron chi connectivity index (χ0n) is 18.9. The number of thiophene rings is 1. The summed E-state index contributed by atoms with van der Waals surface area (Å²) in [5.41, 5.74) is -0.421. The van der Waals surface area contributed by atoms with Crippen molar-refractivity contribution in [3.8, 4) is 17.2 Å². The highest BCUT2D eigenvalue weighted by Crippen LogP contribution is 2.44. The first-order valence-electron chi connectivity index (χ1n) is 10.5. The third kappa shape index (κ3) is 4.76. The summed E-state index contributed by atoms with van der Waals surface area (Å²) in [5, 5.41) is 22.7. The number of halogens is 3. The van der Waals surface area contributed by atoms with Gasteiger partial charge in [0.1, 0.15) is 17.4 Å². The van der Waals surface area contributed by atoms with Crippen molar-refractivity contribution in [1.29, 1.82) is 5.26 Å². The Balaban J connectivity index is 1.98. The molecular formula is C24H19ClF2N4O2S2. The van der Waals surface area contributed by atoms with E-state index in [0.717, 1.165) is 11.3 Å². The molecule has 0 aliphatic rings. The monoisotopic (exact) mass is 532 g/mol. The molecule has 11 heteroatoms. The molecule has 0 fully saturated rings. The van der Waals surface area contributed by atoms with Gasteiger partial charge in [0.2, 0.25) is 0 Å². The molecule has 2 N–H and O–H groups in total. The fourth-order valence-corrected chi connectivity index (χ4v) is 6.19. The smallest absolute Gasteiger partial charge is 0.405 e. The first-order chi connectivity index (χ1) is 16.6. The molecule has 0 bridgehead atoms.